The number of nitrogens with zero attached hydrogens (tertiary/aromatic N) is 1. The molecule has 1 saturated carbocycles. The van der Waals surface area contributed by atoms with E-state index in [9.17, 15) is 13.2 Å². The Hall–Kier alpha value is -1.40. The lowest BCUT2D eigenvalue weighted by Crippen LogP contribution is -2.41. The van der Waals surface area contributed by atoms with Crippen molar-refractivity contribution in [2.75, 3.05) is 13.1 Å². The third kappa shape index (κ3) is 2.90. The molecular formula is C16H22N2O3S. The number of nitrogens with two attached hydrogens (primary N) is 1. The molecule has 1 saturated heterocycles. The van der Waals surface area contributed by atoms with Crippen molar-refractivity contribution < 1.29 is 13.2 Å². The standard InChI is InChI=1S/C16H22N2O3S/c17-22(20,21)14-10-15(19)18(11-14)12-16(8-4-5-9-16)13-6-2-1-3-7-13/h1-3,6-7,14H,4-5,8-12H2,(H2,17,20,21). The summed E-state index contributed by atoms with van der Waals surface area (Å²) in [4.78, 5) is 13.9. The summed E-state index contributed by atoms with van der Waals surface area (Å²) in [7, 11) is -3.65. The summed E-state index contributed by atoms with van der Waals surface area (Å²) in [5.74, 6) is -0.0961. The van der Waals surface area contributed by atoms with E-state index in [4.69, 9.17) is 5.14 Å². The van der Waals surface area contributed by atoms with Gasteiger partial charge in [0.25, 0.3) is 0 Å². The number of likely N-dealkylation sites (tertiary alicyclic amines) is 1. The number of rotatable bonds is 4. The van der Waals surface area contributed by atoms with Crippen LogP contribution in [0.15, 0.2) is 30.3 Å². The molecule has 1 unspecified atom stereocenters. The molecule has 5 nitrogen and oxygen atoms in total. The van der Waals surface area contributed by atoms with Gasteiger partial charge in [-0.2, -0.15) is 0 Å². The molecule has 1 aromatic carbocycles. The molecule has 22 heavy (non-hydrogen) atoms. The van der Waals surface area contributed by atoms with Crippen LogP contribution >= 0.6 is 0 Å². The van der Waals surface area contributed by atoms with Crippen LogP contribution in [0.3, 0.4) is 0 Å². The highest BCUT2D eigenvalue weighted by Crippen LogP contribution is 2.42. The van der Waals surface area contributed by atoms with Crippen LogP contribution in [0.5, 0.6) is 0 Å². The summed E-state index contributed by atoms with van der Waals surface area (Å²) in [5.41, 5.74) is 1.21. The molecule has 0 bridgehead atoms. The van der Waals surface area contributed by atoms with E-state index in [0.717, 1.165) is 25.7 Å². The zero-order valence-corrected chi connectivity index (χ0v) is 13.4. The maximum Gasteiger partial charge on any atom is 0.224 e. The van der Waals surface area contributed by atoms with E-state index < -0.39 is 15.3 Å². The first-order valence-corrected chi connectivity index (χ1v) is 9.37. The maximum absolute atomic E-state index is 12.2. The molecule has 1 atom stereocenters. The van der Waals surface area contributed by atoms with E-state index in [2.05, 4.69) is 12.1 Å². The van der Waals surface area contributed by atoms with E-state index >= 15 is 0 Å². The van der Waals surface area contributed by atoms with Crippen molar-refractivity contribution in [3.05, 3.63) is 35.9 Å². The minimum absolute atomic E-state index is 0.0176. The van der Waals surface area contributed by atoms with Crippen LogP contribution < -0.4 is 5.14 Å². The Morgan fingerprint density at radius 2 is 1.82 bits per heavy atom. The van der Waals surface area contributed by atoms with Crippen molar-refractivity contribution in [1.82, 2.24) is 4.90 Å². The summed E-state index contributed by atoms with van der Waals surface area (Å²) < 4.78 is 23.0. The van der Waals surface area contributed by atoms with Crippen molar-refractivity contribution in [3.8, 4) is 0 Å². The fraction of sp³-hybridized carbons (Fsp3) is 0.562. The predicted octanol–water partition coefficient (Wildman–Crippen LogP) is 1.39. The van der Waals surface area contributed by atoms with Crippen LogP contribution in [-0.4, -0.2) is 37.6 Å². The van der Waals surface area contributed by atoms with Gasteiger partial charge in [0.2, 0.25) is 15.9 Å². The molecule has 0 aromatic heterocycles. The van der Waals surface area contributed by atoms with Crippen molar-refractivity contribution in [1.29, 1.82) is 0 Å². The second kappa shape index (κ2) is 5.66. The van der Waals surface area contributed by atoms with Gasteiger partial charge in [-0.25, -0.2) is 13.6 Å². The lowest BCUT2D eigenvalue weighted by molar-refractivity contribution is -0.128. The number of amides is 1. The van der Waals surface area contributed by atoms with Gasteiger partial charge in [-0.1, -0.05) is 43.2 Å². The summed E-state index contributed by atoms with van der Waals surface area (Å²) >= 11 is 0. The van der Waals surface area contributed by atoms with E-state index in [0.29, 0.717) is 6.54 Å². The first-order chi connectivity index (χ1) is 10.4. The highest BCUT2D eigenvalue weighted by atomic mass is 32.2. The lowest BCUT2D eigenvalue weighted by atomic mass is 9.78. The molecule has 1 amide bonds. The topological polar surface area (TPSA) is 80.5 Å². The quantitative estimate of drug-likeness (QED) is 0.909. The number of carbonyl (C=O) groups excluding carboxylic acids is 1. The van der Waals surface area contributed by atoms with Crippen LogP contribution in [-0.2, 0) is 20.2 Å². The van der Waals surface area contributed by atoms with Crippen LogP contribution in [0, 0.1) is 0 Å². The minimum atomic E-state index is -3.65. The number of hydrogen-bond acceptors (Lipinski definition) is 3. The smallest absolute Gasteiger partial charge is 0.224 e. The van der Waals surface area contributed by atoms with Crippen molar-refractivity contribution >= 4 is 15.9 Å². The molecule has 2 aliphatic rings. The monoisotopic (exact) mass is 322 g/mol. The number of sulfonamides is 1. The predicted molar refractivity (Wildman–Crippen MR) is 84.7 cm³/mol. The second-order valence-corrected chi connectivity index (χ2v) is 8.39. The van der Waals surface area contributed by atoms with Crippen LogP contribution in [0.25, 0.3) is 0 Å². The van der Waals surface area contributed by atoms with Crippen molar-refractivity contribution in [2.45, 2.75) is 42.8 Å². The van der Waals surface area contributed by atoms with Crippen LogP contribution in [0.1, 0.15) is 37.7 Å². The average molecular weight is 322 g/mol. The summed E-state index contributed by atoms with van der Waals surface area (Å²) in [6.45, 7) is 0.827. The molecule has 0 spiro atoms. The Morgan fingerprint density at radius 3 is 2.36 bits per heavy atom. The number of carbonyl (C=O) groups is 1. The van der Waals surface area contributed by atoms with Crippen molar-refractivity contribution in [3.63, 3.8) is 0 Å². The van der Waals surface area contributed by atoms with Gasteiger partial charge in [0.1, 0.15) is 5.25 Å². The van der Waals surface area contributed by atoms with Gasteiger partial charge in [0.15, 0.2) is 0 Å². The SMILES string of the molecule is NS(=O)(=O)C1CC(=O)N(CC2(c3ccccc3)CCCC2)C1. The van der Waals surface area contributed by atoms with E-state index in [-0.39, 0.29) is 24.3 Å². The van der Waals surface area contributed by atoms with Gasteiger partial charge in [-0.05, 0) is 18.4 Å². The molecule has 0 radical (unpaired) electrons. The van der Waals surface area contributed by atoms with Crippen LogP contribution in [0.2, 0.25) is 0 Å². The molecule has 1 aliphatic heterocycles. The van der Waals surface area contributed by atoms with E-state index in [1.165, 1.54) is 5.56 Å². The van der Waals surface area contributed by atoms with E-state index in [1.807, 2.05) is 18.2 Å². The highest BCUT2D eigenvalue weighted by Gasteiger charge is 2.43. The van der Waals surface area contributed by atoms with Gasteiger partial charge >= 0.3 is 0 Å². The minimum Gasteiger partial charge on any atom is -0.340 e. The summed E-state index contributed by atoms with van der Waals surface area (Å²) in [6.07, 6.45) is 4.40. The molecule has 1 heterocycles. The second-order valence-electron chi connectivity index (χ2n) is 6.54. The van der Waals surface area contributed by atoms with Crippen LogP contribution in [0.4, 0.5) is 0 Å². The number of benzene rings is 1. The fourth-order valence-corrected chi connectivity index (χ4v) is 4.62. The Kier molecular flexibility index (Phi) is 3.99. The first-order valence-electron chi connectivity index (χ1n) is 7.76. The Morgan fingerprint density at radius 1 is 1.18 bits per heavy atom. The number of primary sulfonamides is 1. The Balaban J connectivity index is 1.82. The Labute approximate surface area is 131 Å². The molecule has 1 aromatic rings. The molecule has 2 N–H and O–H groups in total. The lowest BCUT2D eigenvalue weighted by Gasteiger charge is -2.34. The van der Waals surface area contributed by atoms with E-state index in [1.54, 1.807) is 4.90 Å². The normalized spacial score (nSPS) is 24.9. The van der Waals surface area contributed by atoms with Gasteiger partial charge in [0.05, 0.1) is 0 Å². The molecule has 1 aliphatic carbocycles. The summed E-state index contributed by atoms with van der Waals surface area (Å²) in [6, 6.07) is 10.3. The fourth-order valence-electron chi connectivity index (χ4n) is 3.86. The van der Waals surface area contributed by atoms with Gasteiger partial charge in [-0.15, -0.1) is 0 Å². The highest BCUT2D eigenvalue weighted by molar-refractivity contribution is 7.89. The van der Waals surface area contributed by atoms with Gasteiger partial charge < -0.3 is 4.90 Å². The molecular weight excluding hydrogens is 300 g/mol. The zero-order chi connectivity index (χ0) is 15.8. The molecule has 120 valence electrons. The average Bonchev–Trinajstić information content (AvgIpc) is 3.09. The van der Waals surface area contributed by atoms with Crippen molar-refractivity contribution in [2.24, 2.45) is 5.14 Å². The molecule has 6 heteroatoms. The first kappa shape index (κ1) is 15.5. The third-order valence-corrected chi connectivity index (χ3v) is 6.33. The number of hydrogen-bond donors (Lipinski definition) is 1. The molecule has 3 rings (SSSR count). The maximum atomic E-state index is 12.2. The Bertz CT molecular complexity index is 651. The molecule has 2 fully saturated rings. The van der Waals surface area contributed by atoms with Gasteiger partial charge in [0, 0.05) is 24.9 Å². The third-order valence-electron chi connectivity index (χ3n) is 5.08. The zero-order valence-electron chi connectivity index (χ0n) is 12.6. The summed E-state index contributed by atoms with van der Waals surface area (Å²) in [5, 5.41) is 4.46. The van der Waals surface area contributed by atoms with Gasteiger partial charge in [-0.3, -0.25) is 4.79 Å². The largest absolute Gasteiger partial charge is 0.340 e.